The van der Waals surface area contributed by atoms with Crippen LogP contribution in [0.15, 0.2) is 12.1 Å². The zero-order chi connectivity index (χ0) is 14.6. The monoisotopic (exact) mass is 263 g/mol. The Kier molecular flexibility index (Phi) is 5.10. The van der Waals surface area contributed by atoms with Crippen LogP contribution in [0.2, 0.25) is 0 Å². The molecule has 4 heteroatoms. The van der Waals surface area contributed by atoms with E-state index in [1.165, 1.54) is 18.2 Å². The molecule has 104 valence electrons. The highest BCUT2D eigenvalue weighted by molar-refractivity contribution is 5.95. The van der Waals surface area contributed by atoms with Crippen molar-refractivity contribution in [2.24, 2.45) is 0 Å². The molecule has 4 nitrogen and oxygen atoms in total. The highest BCUT2D eigenvalue weighted by Crippen LogP contribution is 2.25. The van der Waals surface area contributed by atoms with Crippen molar-refractivity contribution in [3.05, 3.63) is 28.8 Å². The summed E-state index contributed by atoms with van der Waals surface area (Å²) in [5.74, 6) is -0.449. The van der Waals surface area contributed by atoms with E-state index in [1.807, 2.05) is 32.9 Å². The van der Waals surface area contributed by atoms with E-state index >= 15 is 0 Å². The summed E-state index contributed by atoms with van der Waals surface area (Å²) in [5.41, 5.74) is 4.37. The van der Waals surface area contributed by atoms with Crippen LogP contribution in [0.4, 0.5) is 5.69 Å². The lowest BCUT2D eigenvalue weighted by Crippen LogP contribution is -2.27. The van der Waals surface area contributed by atoms with E-state index in [9.17, 15) is 9.59 Å². The van der Waals surface area contributed by atoms with Gasteiger partial charge in [-0.3, -0.25) is 9.59 Å². The van der Waals surface area contributed by atoms with E-state index in [2.05, 4.69) is 4.74 Å². The van der Waals surface area contributed by atoms with Crippen LogP contribution in [-0.2, 0) is 14.3 Å². The molecule has 0 saturated heterocycles. The first kappa shape index (κ1) is 15.2. The molecule has 0 atom stereocenters. The standard InChI is InChI=1S/C15H21NO3/c1-10-6-7-13(12(3)11(10)2)16(4)14(17)8-9-15(18)19-5/h6-7H,8-9H2,1-5H3. The van der Waals surface area contributed by atoms with Gasteiger partial charge in [-0.25, -0.2) is 0 Å². The molecular formula is C15H21NO3. The maximum absolute atomic E-state index is 12.0. The fourth-order valence-corrected chi connectivity index (χ4v) is 1.92. The molecule has 0 aliphatic rings. The predicted molar refractivity (Wildman–Crippen MR) is 75.3 cm³/mol. The fraction of sp³-hybridized carbons (Fsp3) is 0.467. The Bertz CT molecular complexity index is 494. The molecule has 1 amide bonds. The van der Waals surface area contributed by atoms with Gasteiger partial charge < -0.3 is 9.64 Å². The molecule has 0 saturated carbocycles. The first-order valence-corrected chi connectivity index (χ1v) is 6.28. The number of anilines is 1. The van der Waals surface area contributed by atoms with Crippen molar-refractivity contribution in [1.29, 1.82) is 0 Å². The highest BCUT2D eigenvalue weighted by atomic mass is 16.5. The molecule has 0 N–H and O–H groups in total. The molecule has 0 fully saturated rings. The smallest absolute Gasteiger partial charge is 0.306 e. The summed E-state index contributed by atoms with van der Waals surface area (Å²) in [4.78, 5) is 24.7. The SMILES string of the molecule is COC(=O)CCC(=O)N(C)c1ccc(C)c(C)c1C. The van der Waals surface area contributed by atoms with Gasteiger partial charge in [0.1, 0.15) is 0 Å². The number of hydrogen-bond acceptors (Lipinski definition) is 3. The number of aryl methyl sites for hydroxylation is 1. The highest BCUT2D eigenvalue weighted by Gasteiger charge is 2.16. The van der Waals surface area contributed by atoms with E-state index in [1.54, 1.807) is 11.9 Å². The van der Waals surface area contributed by atoms with E-state index in [0.717, 1.165) is 11.3 Å². The minimum Gasteiger partial charge on any atom is -0.469 e. The summed E-state index contributed by atoms with van der Waals surface area (Å²) < 4.78 is 4.53. The normalized spacial score (nSPS) is 10.2. The van der Waals surface area contributed by atoms with Gasteiger partial charge in [0.25, 0.3) is 0 Å². The number of rotatable bonds is 4. The Hall–Kier alpha value is -1.84. The molecule has 1 rings (SSSR count). The van der Waals surface area contributed by atoms with Gasteiger partial charge >= 0.3 is 5.97 Å². The summed E-state index contributed by atoms with van der Waals surface area (Å²) in [6.07, 6.45) is 0.277. The van der Waals surface area contributed by atoms with Crippen LogP contribution in [0.5, 0.6) is 0 Å². The summed E-state index contributed by atoms with van der Waals surface area (Å²) >= 11 is 0. The number of amides is 1. The van der Waals surface area contributed by atoms with Gasteiger partial charge in [-0.2, -0.15) is 0 Å². The Morgan fingerprint density at radius 1 is 1.11 bits per heavy atom. The summed E-state index contributed by atoms with van der Waals surface area (Å²) in [7, 11) is 3.06. The van der Waals surface area contributed by atoms with Gasteiger partial charge in [-0.1, -0.05) is 6.07 Å². The third-order valence-corrected chi connectivity index (χ3v) is 3.54. The van der Waals surface area contributed by atoms with Gasteiger partial charge in [-0.05, 0) is 43.5 Å². The van der Waals surface area contributed by atoms with Crippen LogP contribution in [0.25, 0.3) is 0 Å². The van der Waals surface area contributed by atoms with Gasteiger partial charge in [0, 0.05) is 19.2 Å². The largest absolute Gasteiger partial charge is 0.469 e. The minimum absolute atomic E-state index is 0.0863. The zero-order valence-electron chi connectivity index (χ0n) is 12.2. The molecule has 0 aliphatic carbocycles. The Morgan fingerprint density at radius 2 is 1.74 bits per heavy atom. The molecule has 1 aromatic rings. The number of esters is 1. The van der Waals surface area contributed by atoms with Crippen LogP contribution in [0.3, 0.4) is 0 Å². The lowest BCUT2D eigenvalue weighted by atomic mass is 10.0. The van der Waals surface area contributed by atoms with Crippen LogP contribution >= 0.6 is 0 Å². The van der Waals surface area contributed by atoms with Gasteiger partial charge in [0.2, 0.25) is 5.91 Å². The summed E-state index contributed by atoms with van der Waals surface area (Å²) in [6, 6.07) is 3.94. The second-order valence-corrected chi connectivity index (χ2v) is 4.68. The number of methoxy groups -OCH3 is 1. The maximum Gasteiger partial charge on any atom is 0.306 e. The molecule has 0 aliphatic heterocycles. The number of ether oxygens (including phenoxy) is 1. The molecule has 0 aromatic heterocycles. The number of carbonyl (C=O) groups is 2. The van der Waals surface area contributed by atoms with Crippen molar-refractivity contribution in [2.45, 2.75) is 33.6 Å². The second kappa shape index (κ2) is 6.36. The van der Waals surface area contributed by atoms with Gasteiger partial charge in [0.05, 0.1) is 13.5 Å². The van der Waals surface area contributed by atoms with E-state index in [-0.39, 0.29) is 24.7 Å². The molecule has 0 heterocycles. The quantitative estimate of drug-likeness (QED) is 0.784. The predicted octanol–water partition coefficient (Wildman–Crippen LogP) is 2.53. The average molecular weight is 263 g/mol. The number of carbonyl (C=O) groups excluding carboxylic acids is 2. The topological polar surface area (TPSA) is 46.6 Å². The molecule has 0 unspecified atom stereocenters. The Morgan fingerprint density at radius 3 is 2.32 bits per heavy atom. The zero-order valence-corrected chi connectivity index (χ0v) is 12.2. The van der Waals surface area contributed by atoms with Crippen molar-refractivity contribution in [2.75, 3.05) is 19.1 Å². The van der Waals surface area contributed by atoms with Crippen molar-refractivity contribution in [3.63, 3.8) is 0 Å². The summed E-state index contributed by atoms with van der Waals surface area (Å²) in [6.45, 7) is 6.09. The Labute approximate surface area is 114 Å². The number of benzene rings is 1. The molecule has 1 aromatic carbocycles. The van der Waals surface area contributed by atoms with Crippen molar-refractivity contribution in [3.8, 4) is 0 Å². The van der Waals surface area contributed by atoms with E-state index in [4.69, 9.17) is 0 Å². The second-order valence-electron chi connectivity index (χ2n) is 4.68. The molecule has 0 bridgehead atoms. The van der Waals surface area contributed by atoms with Crippen molar-refractivity contribution >= 4 is 17.6 Å². The molecular weight excluding hydrogens is 242 g/mol. The first-order valence-electron chi connectivity index (χ1n) is 6.28. The van der Waals surface area contributed by atoms with E-state index in [0.29, 0.717) is 0 Å². The van der Waals surface area contributed by atoms with Crippen molar-refractivity contribution in [1.82, 2.24) is 0 Å². The van der Waals surface area contributed by atoms with Crippen LogP contribution < -0.4 is 4.90 Å². The third kappa shape index (κ3) is 3.56. The first-order chi connectivity index (χ1) is 8.88. The van der Waals surface area contributed by atoms with Gasteiger partial charge in [0.15, 0.2) is 0 Å². The maximum atomic E-state index is 12.0. The van der Waals surface area contributed by atoms with Gasteiger partial charge in [-0.15, -0.1) is 0 Å². The molecule has 0 radical (unpaired) electrons. The fourth-order valence-electron chi connectivity index (χ4n) is 1.92. The third-order valence-electron chi connectivity index (χ3n) is 3.54. The van der Waals surface area contributed by atoms with Crippen LogP contribution in [-0.4, -0.2) is 26.0 Å². The van der Waals surface area contributed by atoms with Crippen molar-refractivity contribution < 1.29 is 14.3 Å². The van der Waals surface area contributed by atoms with Crippen LogP contribution in [0, 0.1) is 20.8 Å². The lowest BCUT2D eigenvalue weighted by molar-refractivity contribution is -0.141. The molecule has 0 spiro atoms. The van der Waals surface area contributed by atoms with Crippen LogP contribution in [0.1, 0.15) is 29.5 Å². The summed E-state index contributed by atoms with van der Waals surface area (Å²) in [5, 5.41) is 0. The molecule has 19 heavy (non-hydrogen) atoms. The number of nitrogens with zero attached hydrogens (tertiary/aromatic N) is 1. The van der Waals surface area contributed by atoms with E-state index < -0.39 is 0 Å². The Balaban J connectivity index is 2.83. The number of hydrogen-bond donors (Lipinski definition) is 0. The minimum atomic E-state index is -0.362. The lowest BCUT2D eigenvalue weighted by Gasteiger charge is -2.21. The average Bonchev–Trinajstić information content (AvgIpc) is 2.41.